The molecule has 0 radical (unpaired) electrons. The first kappa shape index (κ1) is 13.2. The van der Waals surface area contributed by atoms with Crippen LogP contribution in [0, 0.1) is 0 Å². The number of aryl methyl sites for hydroxylation is 1. The molecular formula is C15H18N2O2. The molecule has 0 aliphatic heterocycles. The van der Waals surface area contributed by atoms with E-state index in [-0.39, 0.29) is 11.3 Å². The van der Waals surface area contributed by atoms with Crippen LogP contribution in [0.5, 0.6) is 5.75 Å². The standard InChI is InChI=1S/C15H18N2O2/c1-2-8-17-11-13(6-7-15(17)19)16-10-12-4-3-5-14(18)9-12/h3-7,9,11,16,18H,2,8,10H2,1H3. The molecule has 1 aromatic carbocycles. The number of benzene rings is 1. The Morgan fingerprint density at radius 3 is 2.84 bits per heavy atom. The fourth-order valence-corrected chi connectivity index (χ4v) is 1.92. The minimum absolute atomic E-state index is 0.0183. The molecule has 4 nitrogen and oxygen atoms in total. The van der Waals surface area contributed by atoms with Crippen molar-refractivity contribution < 1.29 is 5.11 Å². The summed E-state index contributed by atoms with van der Waals surface area (Å²) in [7, 11) is 0. The van der Waals surface area contributed by atoms with Gasteiger partial charge in [0, 0.05) is 25.4 Å². The van der Waals surface area contributed by atoms with Gasteiger partial charge in [-0.1, -0.05) is 19.1 Å². The average Bonchev–Trinajstić information content (AvgIpc) is 2.40. The van der Waals surface area contributed by atoms with Crippen LogP contribution in [0.15, 0.2) is 47.4 Å². The molecule has 2 rings (SSSR count). The molecular weight excluding hydrogens is 240 g/mol. The van der Waals surface area contributed by atoms with Gasteiger partial charge in [-0.3, -0.25) is 4.79 Å². The third-order valence-corrected chi connectivity index (χ3v) is 2.86. The van der Waals surface area contributed by atoms with Crippen LogP contribution in [0.4, 0.5) is 5.69 Å². The largest absolute Gasteiger partial charge is 0.508 e. The van der Waals surface area contributed by atoms with E-state index in [1.165, 1.54) is 0 Å². The van der Waals surface area contributed by atoms with Gasteiger partial charge < -0.3 is 15.0 Å². The van der Waals surface area contributed by atoms with E-state index in [2.05, 4.69) is 5.32 Å². The van der Waals surface area contributed by atoms with E-state index in [0.717, 1.165) is 24.2 Å². The zero-order valence-corrected chi connectivity index (χ0v) is 11.0. The summed E-state index contributed by atoms with van der Waals surface area (Å²) in [5.74, 6) is 0.259. The first-order valence-electron chi connectivity index (χ1n) is 6.41. The summed E-state index contributed by atoms with van der Waals surface area (Å²) >= 11 is 0. The summed E-state index contributed by atoms with van der Waals surface area (Å²) in [5, 5.41) is 12.6. The molecule has 0 unspecified atom stereocenters. The number of pyridine rings is 1. The molecule has 0 saturated heterocycles. The van der Waals surface area contributed by atoms with Crippen LogP contribution >= 0.6 is 0 Å². The fourth-order valence-electron chi connectivity index (χ4n) is 1.92. The van der Waals surface area contributed by atoms with Crippen LogP contribution < -0.4 is 10.9 Å². The van der Waals surface area contributed by atoms with Crippen LogP contribution in [0.2, 0.25) is 0 Å². The van der Waals surface area contributed by atoms with E-state index >= 15 is 0 Å². The highest BCUT2D eigenvalue weighted by Crippen LogP contribution is 2.13. The van der Waals surface area contributed by atoms with Gasteiger partial charge in [0.1, 0.15) is 5.75 Å². The van der Waals surface area contributed by atoms with Crippen molar-refractivity contribution >= 4 is 5.69 Å². The predicted molar refractivity (Wildman–Crippen MR) is 76.4 cm³/mol. The Labute approximate surface area is 112 Å². The van der Waals surface area contributed by atoms with Crippen LogP contribution in [0.1, 0.15) is 18.9 Å². The lowest BCUT2D eigenvalue weighted by atomic mass is 10.2. The van der Waals surface area contributed by atoms with Crippen LogP contribution in [-0.4, -0.2) is 9.67 Å². The number of aromatic nitrogens is 1. The van der Waals surface area contributed by atoms with E-state index in [1.54, 1.807) is 28.8 Å². The van der Waals surface area contributed by atoms with Gasteiger partial charge in [-0.05, 0) is 30.2 Å². The molecule has 0 spiro atoms. The summed E-state index contributed by atoms with van der Waals surface area (Å²) in [6.45, 7) is 3.37. The summed E-state index contributed by atoms with van der Waals surface area (Å²) in [6, 6.07) is 10.5. The number of phenolic OH excluding ortho intramolecular Hbond substituents is 1. The van der Waals surface area contributed by atoms with Crippen molar-refractivity contribution in [2.24, 2.45) is 0 Å². The molecule has 1 aromatic heterocycles. The number of phenols is 1. The molecule has 2 aromatic rings. The second-order valence-electron chi connectivity index (χ2n) is 4.47. The average molecular weight is 258 g/mol. The second kappa shape index (κ2) is 6.09. The topological polar surface area (TPSA) is 54.3 Å². The maximum absolute atomic E-state index is 11.6. The highest BCUT2D eigenvalue weighted by molar-refractivity contribution is 5.41. The van der Waals surface area contributed by atoms with Crippen LogP contribution in [-0.2, 0) is 13.1 Å². The number of hydrogen-bond acceptors (Lipinski definition) is 3. The minimum atomic E-state index is 0.0183. The third kappa shape index (κ3) is 3.61. The highest BCUT2D eigenvalue weighted by atomic mass is 16.3. The SMILES string of the molecule is CCCn1cc(NCc2cccc(O)c2)ccc1=O. The quantitative estimate of drug-likeness (QED) is 0.866. The summed E-state index contributed by atoms with van der Waals surface area (Å²) in [5.41, 5.74) is 1.91. The van der Waals surface area contributed by atoms with Crippen LogP contribution in [0.25, 0.3) is 0 Å². The lowest BCUT2D eigenvalue weighted by Crippen LogP contribution is -2.18. The van der Waals surface area contributed by atoms with Crippen molar-refractivity contribution in [2.75, 3.05) is 5.32 Å². The molecule has 1 heterocycles. The zero-order chi connectivity index (χ0) is 13.7. The molecule has 0 aliphatic carbocycles. The third-order valence-electron chi connectivity index (χ3n) is 2.86. The lowest BCUT2D eigenvalue weighted by molar-refractivity contribution is 0.474. The van der Waals surface area contributed by atoms with E-state index in [0.29, 0.717) is 6.54 Å². The van der Waals surface area contributed by atoms with Crippen molar-refractivity contribution in [3.63, 3.8) is 0 Å². The number of anilines is 1. The number of nitrogens with one attached hydrogen (secondary N) is 1. The van der Waals surface area contributed by atoms with Gasteiger partial charge in [-0.25, -0.2) is 0 Å². The maximum atomic E-state index is 11.6. The van der Waals surface area contributed by atoms with Crippen molar-refractivity contribution in [3.8, 4) is 5.75 Å². The van der Waals surface area contributed by atoms with Gasteiger partial charge in [0.05, 0.1) is 5.69 Å². The molecule has 0 bridgehead atoms. The van der Waals surface area contributed by atoms with Gasteiger partial charge in [-0.15, -0.1) is 0 Å². The Morgan fingerprint density at radius 1 is 1.26 bits per heavy atom. The minimum Gasteiger partial charge on any atom is -0.508 e. The van der Waals surface area contributed by atoms with E-state index in [1.807, 2.05) is 25.3 Å². The summed E-state index contributed by atoms with van der Waals surface area (Å²) in [6.07, 6.45) is 2.75. The second-order valence-corrected chi connectivity index (χ2v) is 4.47. The molecule has 2 N–H and O–H groups in total. The lowest BCUT2D eigenvalue weighted by Gasteiger charge is -2.09. The van der Waals surface area contributed by atoms with Crippen LogP contribution in [0.3, 0.4) is 0 Å². The zero-order valence-electron chi connectivity index (χ0n) is 11.0. The monoisotopic (exact) mass is 258 g/mol. The fraction of sp³-hybridized carbons (Fsp3) is 0.267. The summed E-state index contributed by atoms with van der Waals surface area (Å²) < 4.78 is 1.70. The highest BCUT2D eigenvalue weighted by Gasteiger charge is 1.99. The number of rotatable bonds is 5. The number of hydrogen-bond donors (Lipinski definition) is 2. The molecule has 0 amide bonds. The maximum Gasteiger partial charge on any atom is 0.250 e. The van der Waals surface area contributed by atoms with Gasteiger partial charge in [0.25, 0.3) is 5.56 Å². The van der Waals surface area contributed by atoms with Crippen molar-refractivity contribution in [1.29, 1.82) is 0 Å². The van der Waals surface area contributed by atoms with Gasteiger partial charge >= 0.3 is 0 Å². The Kier molecular flexibility index (Phi) is 4.23. The van der Waals surface area contributed by atoms with Crippen molar-refractivity contribution in [1.82, 2.24) is 4.57 Å². The first-order chi connectivity index (χ1) is 9.19. The molecule has 0 atom stereocenters. The number of aromatic hydroxyl groups is 1. The molecule has 0 saturated carbocycles. The molecule has 0 aliphatic rings. The smallest absolute Gasteiger partial charge is 0.250 e. The Hall–Kier alpha value is -2.23. The van der Waals surface area contributed by atoms with Crippen molar-refractivity contribution in [2.45, 2.75) is 26.4 Å². The molecule has 4 heteroatoms. The van der Waals surface area contributed by atoms with Gasteiger partial charge in [0.15, 0.2) is 0 Å². The first-order valence-corrected chi connectivity index (χ1v) is 6.41. The summed E-state index contributed by atoms with van der Waals surface area (Å²) in [4.78, 5) is 11.6. The number of nitrogens with zero attached hydrogens (tertiary/aromatic N) is 1. The van der Waals surface area contributed by atoms with E-state index in [9.17, 15) is 9.90 Å². The van der Waals surface area contributed by atoms with E-state index in [4.69, 9.17) is 0 Å². The van der Waals surface area contributed by atoms with E-state index < -0.39 is 0 Å². The normalized spacial score (nSPS) is 10.4. The Balaban J connectivity index is 2.07. The molecule has 19 heavy (non-hydrogen) atoms. The predicted octanol–water partition coefficient (Wildman–Crippen LogP) is 2.58. The van der Waals surface area contributed by atoms with Gasteiger partial charge in [0.2, 0.25) is 0 Å². The molecule has 0 fully saturated rings. The van der Waals surface area contributed by atoms with Crippen molar-refractivity contribution in [3.05, 3.63) is 58.5 Å². The Bertz CT molecular complexity index is 605. The molecule has 100 valence electrons. The Morgan fingerprint density at radius 2 is 2.11 bits per heavy atom. The van der Waals surface area contributed by atoms with Gasteiger partial charge in [-0.2, -0.15) is 0 Å².